The van der Waals surface area contributed by atoms with Crippen LogP contribution in [-0.2, 0) is 0 Å². The zero-order valence-electron chi connectivity index (χ0n) is 22.4. The summed E-state index contributed by atoms with van der Waals surface area (Å²) in [6.45, 7) is 0. The van der Waals surface area contributed by atoms with Crippen LogP contribution in [0.4, 0.5) is 0 Å². The maximum atomic E-state index is 8.94. The Morgan fingerprint density at radius 3 is 1.52 bits per heavy atom. The fourth-order valence-corrected chi connectivity index (χ4v) is 6.35. The third-order valence-electron chi connectivity index (χ3n) is 7.55. The van der Waals surface area contributed by atoms with Gasteiger partial charge in [-0.1, -0.05) is 97.4 Å². The molecule has 4 aromatic rings. The second-order valence-electron chi connectivity index (χ2n) is 10.3. The Labute approximate surface area is 261 Å². The van der Waals surface area contributed by atoms with Gasteiger partial charge in [0.1, 0.15) is 10.3 Å². The summed E-state index contributed by atoms with van der Waals surface area (Å²) in [6, 6.07) is 24.2. The number of benzene rings is 2. The first-order valence-electron chi connectivity index (χ1n) is 13.8. The molecule has 2 fully saturated rings. The van der Waals surface area contributed by atoms with Gasteiger partial charge in [0.05, 0.1) is 0 Å². The molecule has 2 saturated carbocycles. The van der Waals surface area contributed by atoms with Gasteiger partial charge in [-0.3, -0.25) is 0 Å². The number of pyridine rings is 2. The van der Waals surface area contributed by atoms with Gasteiger partial charge in [0.15, 0.2) is 0 Å². The first-order valence-corrected chi connectivity index (χ1v) is 15.7. The molecule has 2 aromatic carbocycles. The largest absolute Gasteiger partial charge is 0.488 e. The van der Waals surface area contributed by atoms with Crippen LogP contribution >= 0.6 is 45.8 Å². The number of halogens is 3. The van der Waals surface area contributed by atoms with Gasteiger partial charge in [-0.2, -0.15) is 0 Å². The zero-order valence-corrected chi connectivity index (χ0v) is 26.1. The Balaban J connectivity index is 0.000000149. The van der Waals surface area contributed by atoms with E-state index in [-0.39, 0.29) is 0 Å². The van der Waals surface area contributed by atoms with E-state index in [1.807, 2.05) is 36.4 Å². The smallest absolute Gasteiger partial charge is 0.423 e. The summed E-state index contributed by atoms with van der Waals surface area (Å²) in [7, 11) is -1.34. The van der Waals surface area contributed by atoms with E-state index >= 15 is 0 Å². The first kappa shape index (κ1) is 31.0. The number of rotatable bonds is 4. The average Bonchev–Trinajstić information content (AvgIpc) is 3.69. The summed E-state index contributed by atoms with van der Waals surface area (Å²) < 4.78 is 1.11. The average molecular weight is 687 g/mol. The molecule has 40 heavy (non-hydrogen) atoms. The minimum absolute atomic E-state index is 0.548. The van der Waals surface area contributed by atoms with Crippen molar-refractivity contribution in [3.63, 3.8) is 0 Å². The maximum absolute atomic E-state index is 8.94. The highest BCUT2D eigenvalue weighted by Crippen LogP contribution is 2.35. The van der Waals surface area contributed by atoms with Crippen LogP contribution in [0.2, 0.25) is 10.3 Å². The van der Waals surface area contributed by atoms with Crippen molar-refractivity contribution in [2.75, 3.05) is 0 Å². The monoisotopic (exact) mass is 686 g/mol. The van der Waals surface area contributed by atoms with E-state index in [2.05, 4.69) is 56.8 Å². The zero-order chi connectivity index (χ0) is 28.3. The SMILES string of the molecule is Clc1cc(-c2ccc(C3CCCC3)cc2)ccn1.Clc1cc(I)ccn1.OB(O)c1ccc(C2CCCC2)cc1. The van der Waals surface area contributed by atoms with Gasteiger partial charge < -0.3 is 10.0 Å². The van der Waals surface area contributed by atoms with Crippen LogP contribution in [0.25, 0.3) is 11.1 Å². The predicted octanol–water partition coefficient (Wildman–Crippen LogP) is 8.42. The molecule has 0 saturated heterocycles. The van der Waals surface area contributed by atoms with Crippen LogP contribution in [-0.4, -0.2) is 27.1 Å². The van der Waals surface area contributed by atoms with Gasteiger partial charge in [-0.25, -0.2) is 9.97 Å². The van der Waals surface area contributed by atoms with Gasteiger partial charge in [0.25, 0.3) is 0 Å². The summed E-state index contributed by atoms with van der Waals surface area (Å²) in [4.78, 5) is 7.81. The lowest BCUT2D eigenvalue weighted by atomic mass is 9.79. The van der Waals surface area contributed by atoms with Gasteiger partial charge in [-0.05, 0) is 112 Å². The van der Waals surface area contributed by atoms with Crippen molar-refractivity contribution in [2.24, 2.45) is 0 Å². The lowest BCUT2D eigenvalue weighted by Crippen LogP contribution is -2.29. The third-order valence-corrected chi connectivity index (χ3v) is 8.63. The molecule has 2 N–H and O–H groups in total. The maximum Gasteiger partial charge on any atom is 0.488 e. The van der Waals surface area contributed by atoms with E-state index in [4.69, 9.17) is 33.2 Å². The molecule has 0 spiro atoms. The van der Waals surface area contributed by atoms with Gasteiger partial charge in [0, 0.05) is 16.0 Å². The fraction of sp³-hybridized carbons (Fsp3) is 0.312. The molecule has 0 amide bonds. The molecule has 2 aliphatic rings. The molecule has 0 unspecified atom stereocenters. The quantitative estimate of drug-likeness (QED) is 0.129. The van der Waals surface area contributed by atoms with Crippen molar-refractivity contribution in [1.29, 1.82) is 0 Å². The van der Waals surface area contributed by atoms with Gasteiger partial charge in [-0.15, -0.1) is 0 Å². The summed E-state index contributed by atoms with van der Waals surface area (Å²) >= 11 is 13.6. The highest BCUT2D eigenvalue weighted by Gasteiger charge is 2.18. The minimum Gasteiger partial charge on any atom is -0.423 e. The first-order chi connectivity index (χ1) is 19.4. The van der Waals surface area contributed by atoms with Crippen LogP contribution in [0.15, 0.2) is 85.2 Å². The van der Waals surface area contributed by atoms with Gasteiger partial charge in [0.2, 0.25) is 0 Å². The summed E-state index contributed by atoms with van der Waals surface area (Å²) in [5.74, 6) is 1.47. The molecule has 4 nitrogen and oxygen atoms in total. The van der Waals surface area contributed by atoms with Crippen molar-refractivity contribution in [1.82, 2.24) is 9.97 Å². The number of aromatic nitrogens is 2. The Morgan fingerprint density at radius 2 is 1.10 bits per heavy atom. The van der Waals surface area contributed by atoms with E-state index in [1.54, 1.807) is 24.5 Å². The Kier molecular flexibility index (Phi) is 12.3. The fourth-order valence-electron chi connectivity index (χ4n) is 5.37. The normalized spacial score (nSPS) is 15.1. The topological polar surface area (TPSA) is 66.2 Å². The van der Waals surface area contributed by atoms with Crippen molar-refractivity contribution in [3.05, 3.63) is 110 Å². The van der Waals surface area contributed by atoms with Crippen molar-refractivity contribution in [2.45, 2.75) is 63.2 Å². The number of hydrogen-bond donors (Lipinski definition) is 2. The lowest BCUT2D eigenvalue weighted by Gasteiger charge is -2.10. The minimum atomic E-state index is -1.34. The summed E-state index contributed by atoms with van der Waals surface area (Å²) in [5, 5.41) is 19.0. The molecule has 6 rings (SSSR count). The van der Waals surface area contributed by atoms with Crippen molar-refractivity contribution < 1.29 is 10.0 Å². The Hall–Kier alpha value is -1.97. The molecule has 2 aliphatic carbocycles. The van der Waals surface area contributed by atoms with Crippen molar-refractivity contribution in [3.8, 4) is 11.1 Å². The second-order valence-corrected chi connectivity index (χ2v) is 12.3. The summed E-state index contributed by atoms with van der Waals surface area (Å²) in [6.07, 6.45) is 14.1. The molecule has 0 aliphatic heterocycles. The van der Waals surface area contributed by atoms with E-state index in [0.29, 0.717) is 21.7 Å². The highest BCUT2D eigenvalue weighted by atomic mass is 127. The standard InChI is InChI=1S/C16H16ClN.C11H15BO2.C5H3ClIN/c17-16-11-15(9-10-18-16)14-7-5-13(6-8-14)12-3-1-2-4-12;13-12(14)11-7-5-10(6-8-11)9-3-1-2-4-9;6-5-3-4(7)1-2-8-5/h5-12H,1-4H2;5-9,13-14H,1-4H2;1-3H. The van der Waals surface area contributed by atoms with Crippen molar-refractivity contribution >= 4 is 58.4 Å². The van der Waals surface area contributed by atoms with E-state index in [1.165, 1.54) is 68.1 Å². The van der Waals surface area contributed by atoms with Crippen LogP contribution in [0.3, 0.4) is 0 Å². The van der Waals surface area contributed by atoms with E-state index in [9.17, 15) is 0 Å². The molecule has 0 bridgehead atoms. The predicted molar refractivity (Wildman–Crippen MR) is 175 cm³/mol. The third kappa shape index (κ3) is 9.56. The van der Waals surface area contributed by atoms with Crippen LogP contribution in [0.5, 0.6) is 0 Å². The van der Waals surface area contributed by atoms with Crippen LogP contribution in [0, 0.1) is 3.57 Å². The van der Waals surface area contributed by atoms with Crippen LogP contribution in [0.1, 0.15) is 74.3 Å². The van der Waals surface area contributed by atoms with E-state index in [0.717, 1.165) is 15.1 Å². The lowest BCUT2D eigenvalue weighted by molar-refractivity contribution is 0.426. The molecule has 2 heterocycles. The number of nitrogens with zero attached hydrogens (tertiary/aromatic N) is 2. The van der Waals surface area contributed by atoms with Crippen LogP contribution < -0.4 is 5.46 Å². The Bertz CT molecular complexity index is 1310. The second kappa shape index (κ2) is 15.9. The molecule has 0 radical (unpaired) electrons. The molecular formula is C32H34BCl2IN2O2. The highest BCUT2D eigenvalue weighted by molar-refractivity contribution is 14.1. The van der Waals surface area contributed by atoms with E-state index < -0.39 is 7.12 Å². The Morgan fingerprint density at radius 1 is 0.625 bits per heavy atom. The molecule has 2 aromatic heterocycles. The molecular weight excluding hydrogens is 653 g/mol. The molecule has 8 heteroatoms. The molecule has 208 valence electrons. The molecule has 0 atom stereocenters. The number of hydrogen-bond acceptors (Lipinski definition) is 4. The van der Waals surface area contributed by atoms with Gasteiger partial charge >= 0.3 is 7.12 Å². The summed E-state index contributed by atoms with van der Waals surface area (Å²) in [5.41, 5.74) is 5.74.